The molecule has 3 rings (SSSR count). The molecule has 0 bridgehead atoms. The third kappa shape index (κ3) is 2.44. The Kier molecular flexibility index (Phi) is 3.50. The van der Waals surface area contributed by atoms with Crippen LogP contribution in [0.2, 0.25) is 0 Å². The van der Waals surface area contributed by atoms with E-state index < -0.39 is 4.92 Å². The van der Waals surface area contributed by atoms with E-state index in [2.05, 4.69) is 10.2 Å². The number of nitro groups is 1. The third-order valence-corrected chi connectivity index (χ3v) is 3.67. The molecule has 1 heterocycles. The Hall–Kier alpha value is -2.15. The zero-order chi connectivity index (χ0) is 15.0. The predicted molar refractivity (Wildman–Crippen MR) is 76.5 cm³/mol. The minimum Gasteiger partial charge on any atom is -0.490 e. The van der Waals surface area contributed by atoms with E-state index in [1.807, 2.05) is 4.57 Å². The summed E-state index contributed by atoms with van der Waals surface area (Å²) < 4.78 is 7.10. The molecule has 7 nitrogen and oxygen atoms in total. The average molecular weight is 309 g/mol. The summed E-state index contributed by atoms with van der Waals surface area (Å²) in [5.74, 6) is 1.87. The molecule has 1 aromatic carbocycles. The highest BCUT2D eigenvalue weighted by Gasteiger charge is 2.30. The van der Waals surface area contributed by atoms with Gasteiger partial charge in [0.1, 0.15) is 5.82 Å². The number of benzene rings is 1. The van der Waals surface area contributed by atoms with Crippen molar-refractivity contribution in [2.75, 3.05) is 7.11 Å². The van der Waals surface area contributed by atoms with Gasteiger partial charge < -0.3 is 9.30 Å². The summed E-state index contributed by atoms with van der Waals surface area (Å²) >= 11 is 5.89. The normalized spacial score (nSPS) is 14.2. The third-order valence-electron chi connectivity index (χ3n) is 3.43. The molecule has 0 amide bonds. The molecule has 2 aromatic rings. The lowest BCUT2D eigenvalue weighted by Crippen LogP contribution is -2.02. The van der Waals surface area contributed by atoms with E-state index in [0.717, 1.165) is 18.4 Å². The lowest BCUT2D eigenvalue weighted by atomic mass is 10.1. The molecule has 0 aliphatic heterocycles. The summed E-state index contributed by atoms with van der Waals surface area (Å²) in [4.78, 5) is 10.5. The van der Waals surface area contributed by atoms with E-state index in [-0.39, 0.29) is 17.3 Å². The van der Waals surface area contributed by atoms with Gasteiger partial charge in [-0.15, -0.1) is 21.8 Å². The van der Waals surface area contributed by atoms with Crippen LogP contribution in [0.5, 0.6) is 5.75 Å². The fourth-order valence-electron chi connectivity index (χ4n) is 2.30. The number of nitrogens with zero attached hydrogens (tertiary/aromatic N) is 4. The summed E-state index contributed by atoms with van der Waals surface area (Å²) in [5.41, 5.74) is 0.657. The molecule has 0 saturated heterocycles. The number of ether oxygens (including phenoxy) is 1. The van der Waals surface area contributed by atoms with Crippen molar-refractivity contribution >= 4 is 17.3 Å². The van der Waals surface area contributed by atoms with Gasteiger partial charge in [0.25, 0.3) is 0 Å². The summed E-state index contributed by atoms with van der Waals surface area (Å²) in [7, 11) is 1.40. The highest BCUT2D eigenvalue weighted by atomic mass is 35.5. The van der Waals surface area contributed by atoms with Crippen LogP contribution in [0.1, 0.15) is 24.7 Å². The first-order valence-corrected chi connectivity index (χ1v) is 7.01. The maximum atomic E-state index is 10.9. The number of alkyl halides is 1. The van der Waals surface area contributed by atoms with Crippen LogP contribution in [-0.4, -0.2) is 26.8 Å². The zero-order valence-electron chi connectivity index (χ0n) is 11.3. The van der Waals surface area contributed by atoms with Gasteiger partial charge in [-0.1, -0.05) is 0 Å². The van der Waals surface area contributed by atoms with Crippen molar-refractivity contribution in [3.63, 3.8) is 0 Å². The molecule has 1 aromatic heterocycles. The largest absolute Gasteiger partial charge is 0.490 e. The fraction of sp³-hybridized carbons (Fsp3) is 0.385. The second kappa shape index (κ2) is 5.33. The monoisotopic (exact) mass is 308 g/mol. The molecule has 8 heteroatoms. The van der Waals surface area contributed by atoms with E-state index in [1.165, 1.54) is 13.2 Å². The van der Waals surface area contributed by atoms with Gasteiger partial charge in [-0.2, -0.15) is 0 Å². The minimum absolute atomic E-state index is 0.0729. The van der Waals surface area contributed by atoms with Gasteiger partial charge in [0, 0.05) is 17.7 Å². The van der Waals surface area contributed by atoms with Crippen LogP contribution in [0.3, 0.4) is 0 Å². The van der Waals surface area contributed by atoms with Crippen molar-refractivity contribution in [3.8, 4) is 17.1 Å². The Bertz CT molecular complexity index is 697. The summed E-state index contributed by atoms with van der Waals surface area (Å²) in [6.07, 6.45) is 2.14. The smallest absolute Gasteiger partial charge is 0.310 e. The van der Waals surface area contributed by atoms with Gasteiger partial charge in [0.05, 0.1) is 17.9 Å². The van der Waals surface area contributed by atoms with Crippen LogP contribution in [0.4, 0.5) is 5.69 Å². The first-order valence-electron chi connectivity index (χ1n) is 6.48. The van der Waals surface area contributed by atoms with Crippen LogP contribution in [0.15, 0.2) is 18.2 Å². The molecule has 0 atom stereocenters. The second-order valence-electron chi connectivity index (χ2n) is 4.82. The van der Waals surface area contributed by atoms with E-state index in [4.69, 9.17) is 16.3 Å². The molecule has 1 saturated carbocycles. The highest BCUT2D eigenvalue weighted by Crippen LogP contribution is 2.40. The first-order chi connectivity index (χ1) is 10.2. The molecule has 1 fully saturated rings. The minimum atomic E-state index is -0.474. The zero-order valence-corrected chi connectivity index (χ0v) is 12.1. The SMILES string of the molecule is COc1cc(-c2nnc(CCl)n2C2CC2)ccc1[N+](=O)[O-]. The number of nitro benzene ring substituents is 1. The molecule has 21 heavy (non-hydrogen) atoms. The summed E-state index contributed by atoms with van der Waals surface area (Å²) in [6.45, 7) is 0. The van der Waals surface area contributed by atoms with Gasteiger partial charge in [0.15, 0.2) is 11.6 Å². The number of aromatic nitrogens is 3. The van der Waals surface area contributed by atoms with Crippen molar-refractivity contribution < 1.29 is 9.66 Å². The van der Waals surface area contributed by atoms with Crippen LogP contribution in [0.25, 0.3) is 11.4 Å². The second-order valence-corrected chi connectivity index (χ2v) is 5.09. The Balaban J connectivity index is 2.09. The topological polar surface area (TPSA) is 83.1 Å². The number of halogens is 1. The Labute approximate surface area is 125 Å². The lowest BCUT2D eigenvalue weighted by Gasteiger charge is -2.09. The molecule has 0 radical (unpaired) electrons. The molecular weight excluding hydrogens is 296 g/mol. The van der Waals surface area contributed by atoms with Gasteiger partial charge in [-0.05, 0) is 25.0 Å². The Morgan fingerprint density at radius 1 is 1.48 bits per heavy atom. The Morgan fingerprint density at radius 2 is 2.24 bits per heavy atom. The number of hydrogen-bond donors (Lipinski definition) is 0. The highest BCUT2D eigenvalue weighted by molar-refractivity contribution is 6.16. The quantitative estimate of drug-likeness (QED) is 0.482. The molecular formula is C13H13ClN4O3. The average Bonchev–Trinajstić information content (AvgIpc) is 3.25. The maximum absolute atomic E-state index is 10.9. The summed E-state index contributed by atoms with van der Waals surface area (Å²) in [6, 6.07) is 5.05. The molecule has 1 aliphatic carbocycles. The van der Waals surface area contributed by atoms with E-state index >= 15 is 0 Å². The van der Waals surface area contributed by atoms with Crippen molar-refractivity contribution in [2.45, 2.75) is 24.8 Å². The van der Waals surface area contributed by atoms with Gasteiger partial charge >= 0.3 is 5.69 Å². The molecule has 0 spiro atoms. The number of methoxy groups -OCH3 is 1. The van der Waals surface area contributed by atoms with Crippen molar-refractivity contribution in [2.24, 2.45) is 0 Å². The van der Waals surface area contributed by atoms with Gasteiger partial charge in [0.2, 0.25) is 0 Å². The van der Waals surface area contributed by atoms with Crippen LogP contribution in [0, 0.1) is 10.1 Å². The van der Waals surface area contributed by atoms with Gasteiger partial charge in [-0.25, -0.2) is 0 Å². The number of rotatable bonds is 5. The van der Waals surface area contributed by atoms with Crippen LogP contribution in [-0.2, 0) is 5.88 Å². The van der Waals surface area contributed by atoms with Crippen molar-refractivity contribution in [1.82, 2.24) is 14.8 Å². The van der Waals surface area contributed by atoms with E-state index in [9.17, 15) is 10.1 Å². The van der Waals surface area contributed by atoms with Crippen molar-refractivity contribution in [1.29, 1.82) is 0 Å². The molecule has 1 aliphatic rings. The first kappa shape index (κ1) is 13.8. The lowest BCUT2D eigenvalue weighted by molar-refractivity contribution is -0.385. The summed E-state index contributed by atoms with van der Waals surface area (Å²) in [5, 5.41) is 19.2. The van der Waals surface area contributed by atoms with Crippen LogP contribution >= 0.6 is 11.6 Å². The fourth-order valence-corrected chi connectivity index (χ4v) is 2.48. The predicted octanol–water partition coefficient (Wildman–Crippen LogP) is 2.94. The molecule has 0 N–H and O–H groups in total. The molecule has 0 unspecified atom stereocenters. The van der Waals surface area contributed by atoms with Gasteiger partial charge in [-0.3, -0.25) is 10.1 Å². The van der Waals surface area contributed by atoms with Crippen molar-refractivity contribution in [3.05, 3.63) is 34.1 Å². The Morgan fingerprint density at radius 3 is 2.81 bits per heavy atom. The van der Waals surface area contributed by atoms with Crippen LogP contribution < -0.4 is 4.74 Å². The maximum Gasteiger partial charge on any atom is 0.310 e. The van der Waals surface area contributed by atoms with E-state index in [1.54, 1.807) is 12.1 Å². The standard InChI is InChI=1S/C13H13ClN4O3/c1-21-11-6-8(2-5-10(11)18(19)20)13-16-15-12(7-14)17(13)9-3-4-9/h2,5-6,9H,3-4,7H2,1H3. The molecule has 110 valence electrons. The van der Waals surface area contributed by atoms with E-state index in [0.29, 0.717) is 17.7 Å². The number of hydrogen-bond acceptors (Lipinski definition) is 5.